The molecule has 0 bridgehead atoms. The number of hydrogen-bond acceptors (Lipinski definition) is 8. The molecular weight excluding hydrogens is 556 g/mol. The fourth-order valence-corrected chi connectivity index (χ4v) is 4.16. The number of carbonyl (C=O) groups excluding carboxylic acids is 3. The van der Waals surface area contributed by atoms with Crippen molar-refractivity contribution in [3.05, 3.63) is 118 Å². The monoisotopic (exact) mass is 592 g/mol. The van der Waals surface area contributed by atoms with Gasteiger partial charge in [-0.2, -0.15) is 0 Å². The summed E-state index contributed by atoms with van der Waals surface area (Å²) in [4.78, 5) is 65.0. The number of hydrogen-bond donors (Lipinski definition) is 3. The van der Waals surface area contributed by atoms with E-state index < -0.39 is 28.2 Å². The molecule has 0 radical (unpaired) electrons. The maximum atomic E-state index is 12.5. The molecule has 0 saturated heterocycles. The lowest BCUT2D eigenvalue weighted by atomic mass is 9.84. The number of hydroxylamine groups is 3. The van der Waals surface area contributed by atoms with Crippen LogP contribution in [0.25, 0.3) is 0 Å². The Hall–Kier alpha value is -4.65. The van der Waals surface area contributed by atoms with Crippen molar-refractivity contribution in [2.24, 2.45) is 0 Å². The highest BCUT2D eigenvalue weighted by atomic mass is 16.7. The number of nitro groups is 1. The van der Waals surface area contributed by atoms with Gasteiger partial charge in [0.2, 0.25) is 23.3 Å². The summed E-state index contributed by atoms with van der Waals surface area (Å²) < 4.78 is 0. The summed E-state index contributed by atoms with van der Waals surface area (Å²) in [5.41, 5.74) is 7.66. The second-order valence-electron chi connectivity index (χ2n) is 9.88. The van der Waals surface area contributed by atoms with Crippen molar-refractivity contribution in [2.45, 2.75) is 63.9 Å². The van der Waals surface area contributed by atoms with Crippen molar-refractivity contribution in [3.63, 3.8) is 0 Å². The summed E-state index contributed by atoms with van der Waals surface area (Å²) in [7, 11) is 0. The zero-order valence-corrected chi connectivity index (χ0v) is 23.7. The Balaban J connectivity index is 1.54. The van der Waals surface area contributed by atoms with Crippen molar-refractivity contribution < 1.29 is 33.8 Å². The number of amides is 3. The normalized spacial score (nSPS) is 11.0. The van der Waals surface area contributed by atoms with Crippen LogP contribution in [0.15, 0.2) is 91.0 Å². The predicted octanol–water partition coefficient (Wildman–Crippen LogP) is 4.09. The van der Waals surface area contributed by atoms with Crippen LogP contribution in [-0.2, 0) is 48.7 Å². The third-order valence-corrected chi connectivity index (χ3v) is 6.64. The van der Waals surface area contributed by atoms with E-state index in [1.165, 1.54) is 0 Å². The highest BCUT2D eigenvalue weighted by molar-refractivity contribution is 5.76. The Morgan fingerprint density at radius 1 is 0.558 bits per heavy atom. The van der Waals surface area contributed by atoms with Crippen LogP contribution in [0.4, 0.5) is 0 Å². The Morgan fingerprint density at radius 3 is 1.09 bits per heavy atom. The molecule has 0 aliphatic carbocycles. The van der Waals surface area contributed by atoms with Crippen LogP contribution in [0.3, 0.4) is 0 Å². The lowest BCUT2D eigenvalue weighted by molar-refractivity contribution is -0.573. The molecule has 0 heterocycles. The predicted molar refractivity (Wildman–Crippen MR) is 156 cm³/mol. The molecule has 12 heteroatoms. The minimum absolute atomic E-state index is 0.124. The lowest BCUT2D eigenvalue weighted by Gasteiger charge is -2.25. The van der Waals surface area contributed by atoms with Crippen molar-refractivity contribution in [3.8, 4) is 0 Å². The number of nitrogens with one attached hydrogen (secondary N) is 3. The molecule has 0 saturated carbocycles. The molecule has 0 aliphatic heterocycles. The zero-order chi connectivity index (χ0) is 30.8. The van der Waals surface area contributed by atoms with E-state index >= 15 is 0 Å². The second-order valence-corrected chi connectivity index (χ2v) is 9.88. The number of rotatable bonds is 19. The van der Waals surface area contributed by atoms with Crippen molar-refractivity contribution >= 4 is 17.7 Å². The Bertz CT molecular complexity index is 1140. The summed E-state index contributed by atoms with van der Waals surface area (Å²) in [6.45, 7) is 0.373. The van der Waals surface area contributed by atoms with E-state index in [1.807, 2.05) is 91.0 Å². The highest BCUT2D eigenvalue weighted by Crippen LogP contribution is 2.29. The lowest BCUT2D eigenvalue weighted by Crippen LogP contribution is -2.42. The fourth-order valence-electron chi connectivity index (χ4n) is 4.16. The average molecular weight is 593 g/mol. The van der Waals surface area contributed by atoms with Crippen molar-refractivity contribution in [1.29, 1.82) is 0 Å². The van der Waals surface area contributed by atoms with Crippen LogP contribution in [-0.4, -0.2) is 28.2 Å². The minimum Gasteiger partial charge on any atom is -0.273 e. The molecule has 3 amide bonds. The Kier molecular flexibility index (Phi) is 13.8. The van der Waals surface area contributed by atoms with Gasteiger partial charge in [-0.3, -0.25) is 39.0 Å². The summed E-state index contributed by atoms with van der Waals surface area (Å²) in [5.74, 6) is -1.68. The van der Waals surface area contributed by atoms with Crippen LogP contribution in [0.5, 0.6) is 0 Å². The van der Waals surface area contributed by atoms with E-state index in [1.54, 1.807) is 0 Å². The zero-order valence-electron chi connectivity index (χ0n) is 23.7. The third-order valence-electron chi connectivity index (χ3n) is 6.64. The van der Waals surface area contributed by atoms with E-state index in [0.29, 0.717) is 0 Å². The van der Waals surface area contributed by atoms with Crippen LogP contribution in [0.2, 0.25) is 0 Å². The average Bonchev–Trinajstić information content (AvgIpc) is 3.02. The minimum atomic E-state index is -1.75. The van der Waals surface area contributed by atoms with Gasteiger partial charge in [0.1, 0.15) is 0 Å². The van der Waals surface area contributed by atoms with Gasteiger partial charge in [0.25, 0.3) is 0 Å². The molecular formula is C31H36N4O8. The maximum Gasteiger partial charge on any atom is 0.243 e. The van der Waals surface area contributed by atoms with Crippen molar-refractivity contribution in [1.82, 2.24) is 16.4 Å². The van der Waals surface area contributed by atoms with Crippen molar-refractivity contribution in [2.75, 3.05) is 0 Å². The van der Waals surface area contributed by atoms with Gasteiger partial charge in [0, 0.05) is 43.4 Å². The number of benzene rings is 3. The van der Waals surface area contributed by atoms with E-state index in [2.05, 4.69) is 16.4 Å². The first-order valence-corrected chi connectivity index (χ1v) is 13.8. The molecule has 3 aromatic rings. The first-order valence-electron chi connectivity index (χ1n) is 13.8. The molecule has 0 fully saturated rings. The van der Waals surface area contributed by atoms with E-state index in [4.69, 9.17) is 14.5 Å². The van der Waals surface area contributed by atoms with Gasteiger partial charge < -0.3 is 0 Å². The quantitative estimate of drug-likeness (QED) is 0.139. The summed E-state index contributed by atoms with van der Waals surface area (Å²) in [6, 6.07) is 27.5. The molecule has 3 aromatic carbocycles. The smallest absolute Gasteiger partial charge is 0.243 e. The van der Waals surface area contributed by atoms with E-state index in [0.717, 1.165) is 16.7 Å². The van der Waals surface area contributed by atoms with Crippen LogP contribution in [0.1, 0.15) is 55.2 Å². The third kappa shape index (κ3) is 12.4. The van der Waals surface area contributed by atoms with Crippen LogP contribution < -0.4 is 16.4 Å². The Labute approximate surface area is 249 Å². The van der Waals surface area contributed by atoms with Crippen LogP contribution >= 0.6 is 0 Å². The topological polar surface area (TPSA) is 158 Å². The summed E-state index contributed by atoms with van der Waals surface area (Å²) >= 11 is 0. The fraction of sp³-hybridized carbons (Fsp3) is 0.323. The SMILES string of the molecule is O=C(CCC(CCC(=O)NOCc1ccccc1)(CCC(=O)NOCc1ccccc1)[N+](=O)[O-])NOCc1ccccc1. The second kappa shape index (κ2) is 18.0. The van der Waals surface area contributed by atoms with Gasteiger partial charge in [-0.15, -0.1) is 0 Å². The molecule has 3 N–H and O–H groups in total. The molecule has 0 spiro atoms. The van der Waals surface area contributed by atoms with E-state index in [-0.39, 0.29) is 58.3 Å². The highest BCUT2D eigenvalue weighted by Gasteiger charge is 2.43. The first kappa shape index (κ1) is 32.9. The van der Waals surface area contributed by atoms with Gasteiger partial charge >= 0.3 is 0 Å². The molecule has 0 unspecified atom stereocenters. The maximum absolute atomic E-state index is 12.5. The molecule has 0 atom stereocenters. The summed E-state index contributed by atoms with van der Waals surface area (Å²) in [6.07, 6.45) is -1.44. The number of carbonyl (C=O) groups is 3. The van der Waals surface area contributed by atoms with Gasteiger partial charge in [0.05, 0.1) is 19.8 Å². The summed E-state index contributed by atoms with van der Waals surface area (Å²) in [5, 5.41) is 12.4. The molecule has 0 aliphatic rings. The largest absolute Gasteiger partial charge is 0.273 e. The van der Waals surface area contributed by atoms with E-state index in [9.17, 15) is 24.5 Å². The van der Waals surface area contributed by atoms with Gasteiger partial charge in [-0.05, 0) is 16.7 Å². The first-order chi connectivity index (χ1) is 20.9. The Morgan fingerprint density at radius 2 is 0.837 bits per heavy atom. The molecule has 3 rings (SSSR count). The van der Waals surface area contributed by atoms with Crippen LogP contribution in [0, 0.1) is 10.1 Å². The molecule has 12 nitrogen and oxygen atoms in total. The van der Waals surface area contributed by atoms with Gasteiger partial charge in [-0.1, -0.05) is 91.0 Å². The number of nitrogens with zero attached hydrogens (tertiary/aromatic N) is 1. The van der Waals surface area contributed by atoms with Gasteiger partial charge in [-0.25, -0.2) is 16.4 Å². The molecule has 0 aromatic heterocycles. The standard InChI is InChI=1S/C31H36N4O8/c36-28(32-41-22-25-10-4-1-5-11-25)16-19-31(35(39)40,20-17-29(37)33-42-23-26-12-6-2-7-13-26)21-18-30(38)34-43-24-27-14-8-3-9-15-27/h1-15H,16-24H2,(H,32,36)(H,33,37)(H,34,38). The molecule has 228 valence electrons. The molecule has 43 heavy (non-hydrogen) atoms. The van der Waals surface area contributed by atoms with Gasteiger partial charge in [0.15, 0.2) is 0 Å².